The summed E-state index contributed by atoms with van der Waals surface area (Å²) in [6, 6.07) is 14.3. The summed E-state index contributed by atoms with van der Waals surface area (Å²) in [7, 11) is 0. The molecule has 0 fully saturated rings. The van der Waals surface area contributed by atoms with Gasteiger partial charge in [-0.05, 0) is 17.7 Å². The molecule has 0 amide bonds. The van der Waals surface area contributed by atoms with E-state index in [0.29, 0.717) is 11.1 Å². The minimum atomic E-state index is -1.00. The zero-order valence-corrected chi connectivity index (χ0v) is 11.5. The predicted molar refractivity (Wildman–Crippen MR) is 78.0 cm³/mol. The highest BCUT2D eigenvalue weighted by Crippen LogP contribution is 2.26. The lowest BCUT2D eigenvalue weighted by atomic mass is 9.90. The van der Waals surface area contributed by atoms with Crippen LogP contribution in [-0.4, -0.2) is 15.8 Å². The highest BCUT2D eigenvalue weighted by Gasteiger charge is 2.24. The lowest BCUT2D eigenvalue weighted by molar-refractivity contribution is -0.384. The first-order valence-electron chi connectivity index (χ1n) is 6.52. The van der Waals surface area contributed by atoms with Crippen LogP contribution in [0, 0.1) is 16.0 Å². The minimum Gasteiger partial charge on any atom is -0.388 e. The first kappa shape index (κ1) is 14.9. The van der Waals surface area contributed by atoms with E-state index in [4.69, 9.17) is 0 Å². The van der Waals surface area contributed by atoms with Crippen LogP contribution in [0.25, 0.3) is 0 Å². The van der Waals surface area contributed by atoms with Gasteiger partial charge in [-0.2, -0.15) is 0 Å². The second-order valence-electron chi connectivity index (χ2n) is 4.81. The molecule has 108 valence electrons. The van der Waals surface area contributed by atoms with E-state index < -0.39 is 16.9 Å². The number of carbonyl (C=O) groups excluding carboxylic acids is 1. The minimum absolute atomic E-state index is 0.0482. The highest BCUT2D eigenvalue weighted by molar-refractivity contribution is 5.98. The molecule has 0 saturated heterocycles. The Kier molecular flexibility index (Phi) is 4.45. The lowest BCUT2D eigenvalue weighted by Crippen LogP contribution is -2.19. The van der Waals surface area contributed by atoms with E-state index in [1.807, 2.05) is 6.07 Å². The summed E-state index contributed by atoms with van der Waals surface area (Å²) in [6.45, 7) is 1.64. The van der Waals surface area contributed by atoms with Crippen molar-refractivity contribution in [1.82, 2.24) is 0 Å². The third-order valence-electron chi connectivity index (χ3n) is 3.39. The van der Waals surface area contributed by atoms with Crippen LogP contribution in [0.4, 0.5) is 5.69 Å². The standard InChI is InChI=1S/C16H15NO4/c1-11(15(18)12-5-3-2-4-6-12)16(19)13-7-9-14(10-8-13)17(20)21/h2-11,16,19H,1H3. The maximum absolute atomic E-state index is 12.3. The average molecular weight is 285 g/mol. The Morgan fingerprint density at radius 3 is 2.19 bits per heavy atom. The van der Waals surface area contributed by atoms with Gasteiger partial charge in [-0.1, -0.05) is 37.3 Å². The van der Waals surface area contributed by atoms with Crippen LogP contribution in [0.1, 0.15) is 28.9 Å². The first-order valence-corrected chi connectivity index (χ1v) is 6.52. The second-order valence-corrected chi connectivity index (χ2v) is 4.81. The molecule has 5 nitrogen and oxygen atoms in total. The smallest absolute Gasteiger partial charge is 0.269 e. The van der Waals surface area contributed by atoms with Gasteiger partial charge in [0.1, 0.15) is 0 Å². The summed E-state index contributed by atoms with van der Waals surface area (Å²) in [5, 5.41) is 20.9. The van der Waals surface area contributed by atoms with Gasteiger partial charge in [-0.3, -0.25) is 14.9 Å². The first-order chi connectivity index (χ1) is 10.0. The number of aliphatic hydroxyl groups excluding tert-OH is 1. The maximum atomic E-state index is 12.3. The molecule has 2 atom stereocenters. The number of hydrogen-bond donors (Lipinski definition) is 1. The number of carbonyl (C=O) groups is 1. The molecule has 0 spiro atoms. The average Bonchev–Trinajstić information content (AvgIpc) is 2.53. The van der Waals surface area contributed by atoms with E-state index >= 15 is 0 Å². The van der Waals surface area contributed by atoms with Gasteiger partial charge in [0.25, 0.3) is 5.69 Å². The number of nitro groups is 1. The summed E-state index contributed by atoms with van der Waals surface area (Å²) in [5.74, 6) is -0.796. The monoisotopic (exact) mass is 285 g/mol. The van der Waals surface area contributed by atoms with Crippen LogP contribution in [0.5, 0.6) is 0 Å². The van der Waals surface area contributed by atoms with Crippen molar-refractivity contribution in [1.29, 1.82) is 0 Å². The fraction of sp³-hybridized carbons (Fsp3) is 0.188. The normalized spacial score (nSPS) is 13.4. The number of benzene rings is 2. The lowest BCUT2D eigenvalue weighted by Gasteiger charge is -2.18. The van der Waals surface area contributed by atoms with Crippen molar-refractivity contribution in [2.24, 2.45) is 5.92 Å². The molecule has 0 aromatic heterocycles. The topological polar surface area (TPSA) is 80.4 Å². The second kappa shape index (κ2) is 6.28. The van der Waals surface area contributed by atoms with Crippen LogP contribution in [-0.2, 0) is 0 Å². The Bertz CT molecular complexity index is 637. The SMILES string of the molecule is CC(C(=O)c1ccccc1)C(O)c1ccc([N+](=O)[O-])cc1. The molecule has 0 aliphatic rings. The molecule has 2 rings (SSSR count). The number of nitrogens with zero attached hydrogens (tertiary/aromatic N) is 1. The largest absolute Gasteiger partial charge is 0.388 e. The van der Waals surface area contributed by atoms with E-state index in [1.54, 1.807) is 31.2 Å². The number of hydrogen-bond acceptors (Lipinski definition) is 4. The van der Waals surface area contributed by atoms with E-state index in [-0.39, 0.29) is 11.5 Å². The highest BCUT2D eigenvalue weighted by atomic mass is 16.6. The molecular formula is C16H15NO4. The van der Waals surface area contributed by atoms with E-state index in [0.717, 1.165) is 0 Å². The summed E-state index contributed by atoms with van der Waals surface area (Å²) in [4.78, 5) is 22.4. The zero-order chi connectivity index (χ0) is 15.4. The van der Waals surface area contributed by atoms with E-state index in [1.165, 1.54) is 24.3 Å². The van der Waals surface area contributed by atoms with Crippen molar-refractivity contribution in [3.63, 3.8) is 0 Å². The van der Waals surface area contributed by atoms with Crippen molar-refractivity contribution in [3.05, 3.63) is 75.8 Å². The molecule has 0 bridgehead atoms. The molecule has 2 unspecified atom stereocenters. The number of nitro benzene ring substituents is 1. The van der Waals surface area contributed by atoms with E-state index in [9.17, 15) is 20.0 Å². The van der Waals surface area contributed by atoms with Gasteiger partial charge in [-0.15, -0.1) is 0 Å². The van der Waals surface area contributed by atoms with Crippen molar-refractivity contribution < 1.29 is 14.8 Å². The van der Waals surface area contributed by atoms with Gasteiger partial charge in [-0.25, -0.2) is 0 Å². The summed E-state index contributed by atoms with van der Waals surface area (Å²) in [6.07, 6.45) is -1.00. The van der Waals surface area contributed by atoms with Gasteiger partial charge in [0.15, 0.2) is 5.78 Å². The molecule has 0 saturated carbocycles. The fourth-order valence-corrected chi connectivity index (χ4v) is 2.09. The number of Topliss-reactive ketones (excluding diaryl/α,β-unsaturated/α-hetero) is 1. The quantitative estimate of drug-likeness (QED) is 0.520. The van der Waals surface area contributed by atoms with Gasteiger partial charge in [0, 0.05) is 23.6 Å². The molecule has 5 heteroatoms. The molecule has 0 radical (unpaired) electrons. The van der Waals surface area contributed by atoms with Gasteiger partial charge in [0.05, 0.1) is 11.0 Å². The van der Waals surface area contributed by atoms with Crippen molar-refractivity contribution >= 4 is 11.5 Å². The third kappa shape index (κ3) is 3.32. The Balaban J connectivity index is 2.17. The molecule has 2 aromatic carbocycles. The summed E-state index contributed by atoms with van der Waals surface area (Å²) >= 11 is 0. The van der Waals surface area contributed by atoms with Crippen LogP contribution in [0.15, 0.2) is 54.6 Å². The van der Waals surface area contributed by atoms with Gasteiger partial charge >= 0.3 is 0 Å². The third-order valence-corrected chi connectivity index (χ3v) is 3.39. The molecule has 0 aliphatic carbocycles. The summed E-state index contributed by atoms with van der Waals surface area (Å²) < 4.78 is 0. The number of ketones is 1. The molecule has 21 heavy (non-hydrogen) atoms. The van der Waals surface area contributed by atoms with Crippen LogP contribution >= 0.6 is 0 Å². The Labute approximate surface area is 122 Å². The maximum Gasteiger partial charge on any atom is 0.269 e. The van der Waals surface area contributed by atoms with Crippen molar-refractivity contribution in [3.8, 4) is 0 Å². The van der Waals surface area contributed by atoms with Crippen LogP contribution < -0.4 is 0 Å². The molecule has 1 N–H and O–H groups in total. The number of rotatable bonds is 5. The Morgan fingerprint density at radius 1 is 1.10 bits per heavy atom. The Morgan fingerprint density at radius 2 is 1.67 bits per heavy atom. The van der Waals surface area contributed by atoms with Crippen LogP contribution in [0.3, 0.4) is 0 Å². The molecular weight excluding hydrogens is 270 g/mol. The molecule has 2 aromatic rings. The molecule has 0 heterocycles. The fourth-order valence-electron chi connectivity index (χ4n) is 2.09. The zero-order valence-electron chi connectivity index (χ0n) is 11.5. The van der Waals surface area contributed by atoms with Gasteiger partial charge in [0.2, 0.25) is 0 Å². The Hall–Kier alpha value is -2.53. The van der Waals surface area contributed by atoms with Crippen molar-refractivity contribution in [2.45, 2.75) is 13.0 Å². The van der Waals surface area contributed by atoms with Crippen LogP contribution in [0.2, 0.25) is 0 Å². The van der Waals surface area contributed by atoms with Crippen molar-refractivity contribution in [2.75, 3.05) is 0 Å². The summed E-state index contributed by atoms with van der Waals surface area (Å²) in [5.41, 5.74) is 0.969. The number of aliphatic hydroxyl groups is 1. The molecule has 0 aliphatic heterocycles. The predicted octanol–water partition coefficient (Wildman–Crippen LogP) is 3.15. The van der Waals surface area contributed by atoms with Gasteiger partial charge < -0.3 is 5.11 Å². The van der Waals surface area contributed by atoms with E-state index in [2.05, 4.69) is 0 Å². The number of non-ortho nitro benzene ring substituents is 1.